The molecule has 0 spiro atoms. The molecule has 3 N–H and O–H groups in total. The van der Waals surface area contributed by atoms with Crippen molar-refractivity contribution in [2.75, 3.05) is 0 Å². The van der Waals surface area contributed by atoms with Crippen LogP contribution in [0.5, 0.6) is 0 Å². The smallest absolute Gasteiger partial charge is 0.478 e. The number of carbonyl (C=O) groups is 4. The maximum atomic E-state index is 11.2. The molecule has 8 nitrogen and oxygen atoms in total. The fourth-order valence-corrected chi connectivity index (χ4v) is 1.13. The standard InChI is InChI=1S/C10H6O8/c11-7(12)4-1-5(8(13)14)3-6(2-4)9(15)18-10(16)17/h1-3H,(H,11,12)(H,13,14)(H,16,17). The zero-order valence-corrected chi connectivity index (χ0v) is 8.61. The van der Waals surface area contributed by atoms with Crippen molar-refractivity contribution >= 4 is 24.1 Å². The van der Waals surface area contributed by atoms with Gasteiger partial charge in [0, 0.05) is 0 Å². The molecule has 0 fully saturated rings. The zero-order chi connectivity index (χ0) is 13.9. The second-order valence-corrected chi connectivity index (χ2v) is 3.06. The monoisotopic (exact) mass is 254 g/mol. The molecule has 0 aliphatic heterocycles. The molecule has 0 radical (unpaired) electrons. The third kappa shape index (κ3) is 3.04. The average molecular weight is 254 g/mol. The molecule has 0 saturated carbocycles. The van der Waals surface area contributed by atoms with Crippen LogP contribution in [0.2, 0.25) is 0 Å². The predicted octanol–water partition coefficient (Wildman–Crippen LogP) is 0.918. The lowest BCUT2D eigenvalue weighted by Crippen LogP contribution is -2.13. The number of rotatable bonds is 3. The van der Waals surface area contributed by atoms with E-state index in [0.717, 1.165) is 18.2 Å². The quantitative estimate of drug-likeness (QED) is 0.534. The van der Waals surface area contributed by atoms with Gasteiger partial charge in [0.25, 0.3) is 0 Å². The molecule has 0 aliphatic rings. The summed E-state index contributed by atoms with van der Waals surface area (Å²) in [5, 5.41) is 25.7. The van der Waals surface area contributed by atoms with Crippen molar-refractivity contribution in [1.82, 2.24) is 0 Å². The Labute approximate surface area is 99.0 Å². The van der Waals surface area contributed by atoms with Crippen LogP contribution in [0.3, 0.4) is 0 Å². The molecule has 0 atom stereocenters. The summed E-state index contributed by atoms with van der Waals surface area (Å²) in [6.45, 7) is 0. The summed E-state index contributed by atoms with van der Waals surface area (Å²) in [7, 11) is 0. The summed E-state index contributed by atoms with van der Waals surface area (Å²) in [5.41, 5.74) is -1.41. The fraction of sp³-hybridized carbons (Fsp3) is 0. The number of ether oxygens (including phenoxy) is 1. The average Bonchev–Trinajstić information content (AvgIpc) is 2.27. The summed E-state index contributed by atoms with van der Waals surface area (Å²) in [6.07, 6.45) is -1.88. The van der Waals surface area contributed by atoms with Crippen LogP contribution >= 0.6 is 0 Å². The molecule has 0 saturated heterocycles. The number of hydrogen-bond acceptors (Lipinski definition) is 5. The normalized spacial score (nSPS) is 9.56. The summed E-state index contributed by atoms with van der Waals surface area (Å²) < 4.78 is 3.80. The van der Waals surface area contributed by atoms with Crippen LogP contribution in [0, 0.1) is 0 Å². The van der Waals surface area contributed by atoms with E-state index in [1.165, 1.54) is 0 Å². The zero-order valence-electron chi connectivity index (χ0n) is 8.61. The SMILES string of the molecule is O=C(O)OC(=O)c1cc(C(=O)O)cc(C(=O)O)c1. The van der Waals surface area contributed by atoms with Gasteiger partial charge in [0.1, 0.15) is 0 Å². The molecule has 0 amide bonds. The van der Waals surface area contributed by atoms with Gasteiger partial charge in [0.2, 0.25) is 0 Å². The Bertz CT molecular complexity index is 513. The second kappa shape index (κ2) is 4.95. The van der Waals surface area contributed by atoms with Crippen molar-refractivity contribution in [3.63, 3.8) is 0 Å². The first-order valence-corrected chi connectivity index (χ1v) is 4.38. The van der Waals surface area contributed by atoms with Gasteiger partial charge in [-0.15, -0.1) is 0 Å². The first kappa shape index (κ1) is 13.2. The lowest BCUT2D eigenvalue weighted by atomic mass is 10.1. The first-order chi connectivity index (χ1) is 8.31. The molecule has 8 heteroatoms. The molecular formula is C10H6O8. The minimum absolute atomic E-state index is 0.466. The fourth-order valence-electron chi connectivity index (χ4n) is 1.13. The van der Waals surface area contributed by atoms with Gasteiger partial charge in [-0.3, -0.25) is 0 Å². The van der Waals surface area contributed by atoms with Gasteiger partial charge in [-0.25, -0.2) is 19.2 Å². The maximum absolute atomic E-state index is 11.2. The van der Waals surface area contributed by atoms with E-state index in [0.29, 0.717) is 0 Å². The number of carboxylic acid groups (broad SMARTS) is 3. The second-order valence-electron chi connectivity index (χ2n) is 3.06. The summed E-state index contributed by atoms with van der Waals surface area (Å²) in [6, 6.07) is 2.47. The highest BCUT2D eigenvalue weighted by Gasteiger charge is 2.18. The Morgan fingerprint density at radius 3 is 1.50 bits per heavy atom. The van der Waals surface area contributed by atoms with Gasteiger partial charge in [0.05, 0.1) is 16.7 Å². The van der Waals surface area contributed by atoms with Crippen molar-refractivity contribution in [3.8, 4) is 0 Å². The Morgan fingerprint density at radius 2 is 1.17 bits per heavy atom. The molecule has 1 aromatic carbocycles. The van der Waals surface area contributed by atoms with Crippen molar-refractivity contribution < 1.29 is 39.2 Å². The lowest BCUT2D eigenvalue weighted by Gasteiger charge is -2.03. The third-order valence-corrected chi connectivity index (χ3v) is 1.84. The highest BCUT2D eigenvalue weighted by molar-refractivity contribution is 6.01. The van der Waals surface area contributed by atoms with Crippen LogP contribution in [-0.4, -0.2) is 39.4 Å². The van der Waals surface area contributed by atoms with E-state index in [1.807, 2.05) is 0 Å². The van der Waals surface area contributed by atoms with Crippen molar-refractivity contribution in [2.45, 2.75) is 0 Å². The van der Waals surface area contributed by atoms with Gasteiger partial charge in [0.15, 0.2) is 0 Å². The molecule has 0 bridgehead atoms. The van der Waals surface area contributed by atoms with Gasteiger partial charge in [-0.2, -0.15) is 0 Å². The molecule has 0 heterocycles. The molecule has 94 valence electrons. The van der Waals surface area contributed by atoms with E-state index >= 15 is 0 Å². The highest BCUT2D eigenvalue weighted by Crippen LogP contribution is 2.12. The van der Waals surface area contributed by atoms with Crippen molar-refractivity contribution in [2.24, 2.45) is 0 Å². The Kier molecular flexibility index (Phi) is 3.62. The van der Waals surface area contributed by atoms with Crippen LogP contribution in [0.1, 0.15) is 31.1 Å². The molecule has 0 aromatic heterocycles. The van der Waals surface area contributed by atoms with E-state index in [4.69, 9.17) is 15.3 Å². The summed E-state index contributed by atoms with van der Waals surface area (Å²) in [5.74, 6) is -4.27. The van der Waals surface area contributed by atoms with Crippen LogP contribution in [0.15, 0.2) is 18.2 Å². The van der Waals surface area contributed by atoms with Crippen LogP contribution < -0.4 is 0 Å². The molecule has 1 rings (SSSR count). The van der Waals surface area contributed by atoms with Crippen LogP contribution in [0.4, 0.5) is 4.79 Å². The van der Waals surface area contributed by atoms with E-state index in [-0.39, 0.29) is 0 Å². The third-order valence-electron chi connectivity index (χ3n) is 1.84. The van der Waals surface area contributed by atoms with Gasteiger partial charge >= 0.3 is 24.1 Å². The molecule has 0 unspecified atom stereocenters. The highest BCUT2D eigenvalue weighted by atomic mass is 16.7. The first-order valence-electron chi connectivity index (χ1n) is 4.38. The number of esters is 1. The molecule has 18 heavy (non-hydrogen) atoms. The van der Waals surface area contributed by atoms with Crippen molar-refractivity contribution in [3.05, 3.63) is 34.9 Å². The van der Waals surface area contributed by atoms with Crippen molar-refractivity contribution in [1.29, 1.82) is 0 Å². The van der Waals surface area contributed by atoms with E-state index in [9.17, 15) is 19.2 Å². The van der Waals surface area contributed by atoms with Gasteiger partial charge in [-0.1, -0.05) is 0 Å². The van der Waals surface area contributed by atoms with Crippen LogP contribution in [-0.2, 0) is 4.74 Å². The molecule has 0 aliphatic carbocycles. The Balaban J connectivity index is 3.27. The largest absolute Gasteiger partial charge is 0.513 e. The van der Waals surface area contributed by atoms with Crippen LogP contribution in [0.25, 0.3) is 0 Å². The van der Waals surface area contributed by atoms with Gasteiger partial charge < -0.3 is 20.1 Å². The number of carbonyl (C=O) groups excluding carboxylic acids is 1. The Morgan fingerprint density at radius 1 is 0.778 bits per heavy atom. The minimum atomic E-state index is -1.88. The summed E-state index contributed by atoms with van der Waals surface area (Å²) >= 11 is 0. The maximum Gasteiger partial charge on any atom is 0.513 e. The minimum Gasteiger partial charge on any atom is -0.478 e. The van der Waals surface area contributed by atoms with E-state index < -0.39 is 40.8 Å². The van der Waals surface area contributed by atoms with E-state index in [1.54, 1.807) is 0 Å². The summed E-state index contributed by atoms with van der Waals surface area (Å²) in [4.78, 5) is 42.8. The number of benzene rings is 1. The molecular weight excluding hydrogens is 248 g/mol. The number of aromatic carboxylic acids is 2. The molecule has 1 aromatic rings. The van der Waals surface area contributed by atoms with E-state index in [2.05, 4.69) is 4.74 Å². The topological polar surface area (TPSA) is 138 Å². The number of hydrogen-bond donors (Lipinski definition) is 3. The van der Waals surface area contributed by atoms with Gasteiger partial charge in [-0.05, 0) is 18.2 Å². The predicted molar refractivity (Wildman–Crippen MR) is 53.8 cm³/mol. The Hall–Kier alpha value is -2.90. The number of carboxylic acids is 2. The lowest BCUT2D eigenvalue weighted by molar-refractivity contribution is 0.0509.